The zero-order valence-corrected chi connectivity index (χ0v) is 10.7. The molecule has 0 aromatic heterocycles. The molecule has 0 bridgehead atoms. The predicted molar refractivity (Wildman–Crippen MR) is 70.9 cm³/mol. The van der Waals surface area contributed by atoms with Gasteiger partial charge < -0.3 is 15.5 Å². The molecule has 100 valence electrons. The van der Waals surface area contributed by atoms with Crippen molar-refractivity contribution in [2.24, 2.45) is 0 Å². The molecule has 0 radical (unpaired) electrons. The molecule has 1 rings (SSSR count). The highest BCUT2D eigenvalue weighted by Gasteiger charge is 2.13. The molecule has 1 aromatic rings. The largest absolute Gasteiger partial charge is 0.478 e. The second kappa shape index (κ2) is 7.94. The van der Waals surface area contributed by atoms with E-state index in [4.69, 9.17) is 10.2 Å². The molecule has 0 heterocycles. The van der Waals surface area contributed by atoms with Crippen LogP contribution in [0.4, 0.5) is 10.1 Å². The highest BCUT2D eigenvalue weighted by Crippen LogP contribution is 2.19. The predicted octanol–water partition coefficient (Wildman–Crippen LogP) is 2.05. The van der Waals surface area contributed by atoms with Gasteiger partial charge in [0, 0.05) is 18.9 Å². The lowest BCUT2D eigenvalue weighted by molar-refractivity contribution is 0.0697. The highest BCUT2D eigenvalue weighted by atomic mass is 32.2. The Morgan fingerprint density at radius 2 is 2.17 bits per heavy atom. The molecule has 6 heteroatoms. The van der Waals surface area contributed by atoms with Crippen LogP contribution >= 0.6 is 11.8 Å². The Morgan fingerprint density at radius 3 is 2.83 bits per heavy atom. The van der Waals surface area contributed by atoms with Gasteiger partial charge in [0.25, 0.3) is 0 Å². The van der Waals surface area contributed by atoms with Crippen molar-refractivity contribution in [3.63, 3.8) is 0 Å². The summed E-state index contributed by atoms with van der Waals surface area (Å²) in [5.74, 6) is -0.144. The van der Waals surface area contributed by atoms with E-state index in [0.717, 1.165) is 17.9 Å². The van der Waals surface area contributed by atoms with Gasteiger partial charge in [0.1, 0.15) is 5.82 Å². The van der Waals surface area contributed by atoms with Gasteiger partial charge in [-0.15, -0.1) is 0 Å². The van der Waals surface area contributed by atoms with E-state index in [2.05, 4.69) is 5.32 Å². The zero-order valence-electron chi connectivity index (χ0n) is 9.86. The number of hydrogen-bond donors (Lipinski definition) is 3. The molecule has 0 amide bonds. The summed E-state index contributed by atoms with van der Waals surface area (Å²) in [5.41, 5.74) is -0.0249. The van der Waals surface area contributed by atoms with Gasteiger partial charge in [0.05, 0.1) is 11.3 Å². The lowest BCUT2D eigenvalue weighted by atomic mass is 10.1. The minimum Gasteiger partial charge on any atom is -0.478 e. The van der Waals surface area contributed by atoms with Gasteiger partial charge in [-0.1, -0.05) is 6.07 Å². The smallest absolute Gasteiger partial charge is 0.337 e. The Hall–Kier alpha value is -1.27. The number of rotatable bonds is 8. The highest BCUT2D eigenvalue weighted by molar-refractivity contribution is 7.99. The average molecular weight is 273 g/mol. The summed E-state index contributed by atoms with van der Waals surface area (Å²) in [6.45, 7) is 0.647. The Labute approximate surface area is 109 Å². The number of aliphatic hydroxyl groups excluding tert-OH is 1. The molecule has 0 saturated heterocycles. The normalized spacial score (nSPS) is 10.3. The van der Waals surface area contributed by atoms with Crippen molar-refractivity contribution < 1.29 is 19.4 Å². The summed E-state index contributed by atoms with van der Waals surface area (Å²) in [4.78, 5) is 10.9. The van der Waals surface area contributed by atoms with E-state index in [-0.39, 0.29) is 17.9 Å². The maximum atomic E-state index is 13.5. The van der Waals surface area contributed by atoms with Crippen LogP contribution in [0, 0.1) is 5.82 Å². The lowest BCUT2D eigenvalue weighted by Crippen LogP contribution is -2.11. The number of anilines is 1. The molecule has 18 heavy (non-hydrogen) atoms. The maximum absolute atomic E-state index is 13.5. The molecule has 0 aliphatic rings. The number of carbonyl (C=O) groups is 1. The van der Waals surface area contributed by atoms with Gasteiger partial charge in [-0.05, 0) is 24.3 Å². The first kappa shape index (κ1) is 14.8. The number of hydrogen-bond acceptors (Lipinski definition) is 4. The van der Waals surface area contributed by atoms with Crippen molar-refractivity contribution in [1.29, 1.82) is 0 Å². The van der Waals surface area contributed by atoms with E-state index in [9.17, 15) is 9.18 Å². The second-order valence-electron chi connectivity index (χ2n) is 3.58. The van der Waals surface area contributed by atoms with Crippen molar-refractivity contribution in [3.8, 4) is 0 Å². The molecule has 0 aliphatic heterocycles. The second-order valence-corrected chi connectivity index (χ2v) is 4.81. The summed E-state index contributed by atoms with van der Waals surface area (Å²) in [6.07, 6.45) is 0.727. The Morgan fingerprint density at radius 1 is 1.39 bits per heavy atom. The third-order valence-corrected chi connectivity index (χ3v) is 3.31. The zero-order chi connectivity index (χ0) is 13.4. The van der Waals surface area contributed by atoms with Crippen LogP contribution in [0.3, 0.4) is 0 Å². The van der Waals surface area contributed by atoms with E-state index in [1.807, 2.05) is 0 Å². The molecule has 0 aliphatic carbocycles. The van der Waals surface area contributed by atoms with Crippen molar-refractivity contribution in [1.82, 2.24) is 0 Å². The van der Waals surface area contributed by atoms with Gasteiger partial charge >= 0.3 is 5.97 Å². The van der Waals surface area contributed by atoms with Crippen molar-refractivity contribution in [2.45, 2.75) is 6.42 Å². The number of thioether (sulfide) groups is 1. The number of halogens is 1. The van der Waals surface area contributed by atoms with Crippen LogP contribution in [-0.2, 0) is 0 Å². The third kappa shape index (κ3) is 4.54. The molecule has 0 unspecified atom stereocenters. The molecule has 0 atom stereocenters. The van der Waals surface area contributed by atoms with Crippen LogP contribution in [0.2, 0.25) is 0 Å². The van der Waals surface area contributed by atoms with Crippen LogP contribution in [-0.4, -0.2) is 40.8 Å². The van der Waals surface area contributed by atoms with Crippen LogP contribution < -0.4 is 5.32 Å². The molecule has 0 saturated carbocycles. The van der Waals surface area contributed by atoms with Crippen LogP contribution in [0.5, 0.6) is 0 Å². The molecular formula is C12H16FNO3S. The number of benzene rings is 1. The quantitative estimate of drug-likeness (QED) is 0.632. The summed E-state index contributed by atoms with van der Waals surface area (Å²) < 4.78 is 13.5. The fourth-order valence-corrected chi connectivity index (χ4v) is 2.18. The van der Waals surface area contributed by atoms with Gasteiger partial charge in [0.2, 0.25) is 0 Å². The molecule has 0 fully saturated rings. The number of para-hydroxylation sites is 1. The van der Waals surface area contributed by atoms with E-state index in [0.29, 0.717) is 6.54 Å². The van der Waals surface area contributed by atoms with Gasteiger partial charge in [-0.2, -0.15) is 11.8 Å². The number of aliphatic hydroxyl groups is 1. The van der Waals surface area contributed by atoms with Gasteiger partial charge in [-0.3, -0.25) is 0 Å². The van der Waals surface area contributed by atoms with Crippen molar-refractivity contribution in [2.75, 3.05) is 30.0 Å². The fraction of sp³-hybridized carbons (Fsp3) is 0.417. The van der Waals surface area contributed by atoms with Gasteiger partial charge in [-0.25, -0.2) is 9.18 Å². The standard InChI is InChI=1S/C12H16FNO3S/c13-10-4-1-3-9(12(16)17)11(10)14-5-8-18-7-2-6-15/h1,3-4,14-15H,2,5-8H2,(H,16,17). The Kier molecular flexibility index (Phi) is 6.53. The molecule has 4 nitrogen and oxygen atoms in total. The summed E-state index contributed by atoms with van der Waals surface area (Å²) >= 11 is 1.62. The van der Waals surface area contributed by atoms with Crippen molar-refractivity contribution >= 4 is 23.4 Å². The summed E-state index contributed by atoms with van der Waals surface area (Å²) in [7, 11) is 0. The number of aromatic carboxylic acids is 1. The molecule has 3 N–H and O–H groups in total. The molecule has 1 aromatic carbocycles. The SMILES string of the molecule is O=C(O)c1cccc(F)c1NCCSCCCO. The first-order valence-electron chi connectivity index (χ1n) is 5.61. The molecular weight excluding hydrogens is 257 g/mol. The van der Waals surface area contributed by atoms with Gasteiger partial charge in [0.15, 0.2) is 0 Å². The lowest BCUT2D eigenvalue weighted by Gasteiger charge is -2.10. The van der Waals surface area contributed by atoms with Crippen molar-refractivity contribution in [3.05, 3.63) is 29.6 Å². The van der Waals surface area contributed by atoms with E-state index < -0.39 is 11.8 Å². The summed E-state index contributed by atoms with van der Waals surface area (Å²) in [6, 6.07) is 3.97. The monoisotopic (exact) mass is 273 g/mol. The van der Waals surface area contributed by atoms with Crippen LogP contribution in [0.1, 0.15) is 16.8 Å². The van der Waals surface area contributed by atoms with E-state index in [1.54, 1.807) is 11.8 Å². The van der Waals surface area contributed by atoms with Crippen LogP contribution in [0.15, 0.2) is 18.2 Å². The number of nitrogens with one attached hydrogen (secondary N) is 1. The minimum atomic E-state index is -1.15. The van der Waals surface area contributed by atoms with Crippen LogP contribution in [0.25, 0.3) is 0 Å². The maximum Gasteiger partial charge on any atom is 0.337 e. The Balaban J connectivity index is 2.48. The van der Waals surface area contributed by atoms with E-state index in [1.165, 1.54) is 18.2 Å². The Bertz CT molecular complexity index is 401. The minimum absolute atomic E-state index is 0.0350. The first-order valence-corrected chi connectivity index (χ1v) is 6.76. The topological polar surface area (TPSA) is 69.6 Å². The first-order chi connectivity index (χ1) is 8.66. The average Bonchev–Trinajstić information content (AvgIpc) is 2.34. The third-order valence-electron chi connectivity index (χ3n) is 2.24. The number of carboxylic acid groups (broad SMARTS) is 1. The number of carboxylic acids is 1. The fourth-order valence-electron chi connectivity index (χ4n) is 1.40. The molecule has 0 spiro atoms. The summed E-state index contributed by atoms with van der Waals surface area (Å²) in [5, 5.41) is 20.3. The van der Waals surface area contributed by atoms with E-state index >= 15 is 0 Å².